The van der Waals surface area contributed by atoms with Crippen LogP contribution in [0.4, 0.5) is 0 Å². The van der Waals surface area contributed by atoms with Gasteiger partial charge in [-0.05, 0) is 26.0 Å². The maximum Gasteiger partial charge on any atom is 0.0350 e. The number of rotatable bonds is 4. The summed E-state index contributed by atoms with van der Waals surface area (Å²) in [5, 5.41) is 3.10. The summed E-state index contributed by atoms with van der Waals surface area (Å²) in [5.41, 5.74) is 2.46. The topological polar surface area (TPSA) is 15.3 Å². The highest BCUT2D eigenvalue weighted by molar-refractivity contribution is 5.20. The molecule has 0 saturated heterocycles. The van der Waals surface area contributed by atoms with E-state index in [1.54, 1.807) is 0 Å². The van der Waals surface area contributed by atoms with Gasteiger partial charge in [-0.25, -0.2) is 0 Å². The van der Waals surface area contributed by atoms with Crippen LogP contribution in [-0.4, -0.2) is 25.5 Å². The van der Waals surface area contributed by atoms with Crippen molar-refractivity contribution < 1.29 is 0 Å². The molecule has 0 aliphatic heterocycles. The first-order chi connectivity index (χ1) is 6.25. The number of hydrogen-bond acceptors (Lipinski definition) is 2. The lowest BCUT2D eigenvalue weighted by molar-refractivity contribution is 0.477. The largest absolute Gasteiger partial charge is 0.351 e. The van der Waals surface area contributed by atoms with Crippen LogP contribution in [-0.2, 0) is 0 Å². The fourth-order valence-corrected chi connectivity index (χ4v) is 1.40. The molecule has 0 bridgehead atoms. The molecule has 0 aromatic carbocycles. The first-order valence-electron chi connectivity index (χ1n) is 4.67. The summed E-state index contributed by atoms with van der Waals surface area (Å²) < 4.78 is 0. The second-order valence-corrected chi connectivity index (χ2v) is 3.28. The van der Waals surface area contributed by atoms with Gasteiger partial charge in [-0.2, -0.15) is 0 Å². The van der Waals surface area contributed by atoms with Crippen molar-refractivity contribution >= 4 is 0 Å². The zero-order chi connectivity index (χ0) is 9.68. The third-order valence-electron chi connectivity index (χ3n) is 2.28. The zero-order valence-electron chi connectivity index (χ0n) is 8.51. The standard InChI is InChI=1S/C11H18N2/c1-10(9-12-2)13(3)11-7-5-4-6-8-11/h4-5,7,12H,1,6,8-9H2,2-3H3. The van der Waals surface area contributed by atoms with Crippen LogP contribution in [0.5, 0.6) is 0 Å². The normalized spacial score (nSPS) is 15.4. The maximum absolute atomic E-state index is 4.02. The van der Waals surface area contributed by atoms with Crippen LogP contribution in [0.1, 0.15) is 12.8 Å². The Bertz CT molecular complexity index is 238. The molecule has 0 heterocycles. The van der Waals surface area contributed by atoms with Gasteiger partial charge in [-0.1, -0.05) is 18.7 Å². The number of hydrogen-bond donors (Lipinski definition) is 1. The highest BCUT2D eigenvalue weighted by atomic mass is 15.1. The number of allylic oxidation sites excluding steroid dienone is 4. The quantitative estimate of drug-likeness (QED) is 0.707. The Morgan fingerprint density at radius 3 is 3.00 bits per heavy atom. The Labute approximate surface area is 80.6 Å². The van der Waals surface area contributed by atoms with Gasteiger partial charge in [0.15, 0.2) is 0 Å². The molecule has 0 fully saturated rings. The van der Waals surface area contributed by atoms with E-state index in [9.17, 15) is 0 Å². The molecule has 0 radical (unpaired) electrons. The van der Waals surface area contributed by atoms with Gasteiger partial charge >= 0.3 is 0 Å². The van der Waals surface area contributed by atoms with E-state index in [1.807, 2.05) is 7.05 Å². The van der Waals surface area contributed by atoms with Gasteiger partial charge in [0.05, 0.1) is 0 Å². The Morgan fingerprint density at radius 2 is 2.46 bits per heavy atom. The summed E-state index contributed by atoms with van der Waals surface area (Å²) in [6, 6.07) is 0. The lowest BCUT2D eigenvalue weighted by atomic mass is 10.1. The van der Waals surface area contributed by atoms with Gasteiger partial charge in [0.1, 0.15) is 0 Å². The van der Waals surface area contributed by atoms with Crippen LogP contribution in [0.15, 0.2) is 36.2 Å². The van der Waals surface area contributed by atoms with Crippen LogP contribution < -0.4 is 5.32 Å². The number of nitrogens with zero attached hydrogens (tertiary/aromatic N) is 1. The fraction of sp³-hybridized carbons (Fsp3) is 0.455. The molecule has 1 N–H and O–H groups in total. The fourth-order valence-electron chi connectivity index (χ4n) is 1.40. The van der Waals surface area contributed by atoms with Crippen molar-refractivity contribution in [3.8, 4) is 0 Å². The summed E-state index contributed by atoms with van der Waals surface area (Å²) in [6.45, 7) is 4.86. The van der Waals surface area contributed by atoms with Crippen LogP contribution in [0.2, 0.25) is 0 Å². The first-order valence-corrected chi connectivity index (χ1v) is 4.67. The van der Waals surface area contributed by atoms with Gasteiger partial charge in [-0.15, -0.1) is 0 Å². The summed E-state index contributed by atoms with van der Waals surface area (Å²) in [4.78, 5) is 2.17. The molecular formula is C11H18N2. The molecule has 2 nitrogen and oxygen atoms in total. The van der Waals surface area contributed by atoms with Gasteiger partial charge in [0.2, 0.25) is 0 Å². The average molecular weight is 178 g/mol. The average Bonchev–Trinajstić information content (AvgIpc) is 2.18. The van der Waals surface area contributed by atoms with Gasteiger partial charge in [-0.3, -0.25) is 0 Å². The molecule has 0 amide bonds. The van der Waals surface area contributed by atoms with E-state index in [0.29, 0.717) is 0 Å². The summed E-state index contributed by atoms with van der Waals surface area (Å²) >= 11 is 0. The minimum Gasteiger partial charge on any atom is -0.351 e. The van der Waals surface area contributed by atoms with E-state index in [-0.39, 0.29) is 0 Å². The molecular weight excluding hydrogens is 160 g/mol. The maximum atomic E-state index is 4.02. The molecule has 0 atom stereocenters. The minimum atomic E-state index is 0.845. The molecule has 1 rings (SSSR count). The highest BCUT2D eigenvalue weighted by Crippen LogP contribution is 2.17. The minimum absolute atomic E-state index is 0.845. The van der Waals surface area contributed by atoms with E-state index in [0.717, 1.165) is 25.1 Å². The van der Waals surface area contributed by atoms with E-state index in [2.05, 4.69) is 42.1 Å². The lowest BCUT2D eigenvalue weighted by Gasteiger charge is -2.25. The van der Waals surface area contributed by atoms with Crippen molar-refractivity contribution in [1.29, 1.82) is 0 Å². The highest BCUT2D eigenvalue weighted by Gasteiger charge is 2.07. The third-order valence-corrected chi connectivity index (χ3v) is 2.28. The molecule has 1 aliphatic rings. The van der Waals surface area contributed by atoms with E-state index in [4.69, 9.17) is 0 Å². The van der Waals surface area contributed by atoms with Crippen LogP contribution in [0, 0.1) is 0 Å². The van der Waals surface area contributed by atoms with Crippen molar-refractivity contribution in [2.75, 3.05) is 20.6 Å². The molecule has 0 spiro atoms. The molecule has 0 unspecified atom stereocenters. The summed E-state index contributed by atoms with van der Waals surface area (Å²) in [5.74, 6) is 0. The second kappa shape index (κ2) is 4.87. The molecule has 0 aromatic heterocycles. The summed E-state index contributed by atoms with van der Waals surface area (Å²) in [6.07, 6.45) is 8.73. The molecule has 72 valence electrons. The first kappa shape index (κ1) is 10.1. The van der Waals surface area contributed by atoms with Gasteiger partial charge in [0.25, 0.3) is 0 Å². The van der Waals surface area contributed by atoms with Crippen LogP contribution in [0.25, 0.3) is 0 Å². The van der Waals surface area contributed by atoms with Crippen LogP contribution in [0.3, 0.4) is 0 Å². The predicted octanol–water partition coefficient (Wildman–Crippen LogP) is 1.89. The third kappa shape index (κ3) is 2.74. The predicted molar refractivity (Wildman–Crippen MR) is 57.3 cm³/mol. The lowest BCUT2D eigenvalue weighted by Crippen LogP contribution is -2.24. The Hall–Kier alpha value is -1.02. The monoisotopic (exact) mass is 178 g/mol. The van der Waals surface area contributed by atoms with E-state index < -0.39 is 0 Å². The Kier molecular flexibility index (Phi) is 3.77. The smallest absolute Gasteiger partial charge is 0.0350 e. The van der Waals surface area contributed by atoms with Crippen molar-refractivity contribution in [1.82, 2.24) is 10.2 Å². The molecule has 0 saturated carbocycles. The van der Waals surface area contributed by atoms with E-state index >= 15 is 0 Å². The van der Waals surface area contributed by atoms with Crippen LogP contribution >= 0.6 is 0 Å². The number of nitrogens with one attached hydrogen (secondary N) is 1. The number of likely N-dealkylation sites (N-methyl/N-ethyl adjacent to an activating group) is 2. The second-order valence-electron chi connectivity index (χ2n) is 3.28. The van der Waals surface area contributed by atoms with E-state index in [1.165, 1.54) is 5.70 Å². The Morgan fingerprint density at radius 1 is 1.69 bits per heavy atom. The SMILES string of the molecule is C=C(CNC)N(C)C1=CC=CCC1. The molecule has 2 heteroatoms. The zero-order valence-corrected chi connectivity index (χ0v) is 8.51. The van der Waals surface area contributed by atoms with Gasteiger partial charge in [0, 0.05) is 25.0 Å². The van der Waals surface area contributed by atoms with Crippen molar-refractivity contribution in [3.05, 3.63) is 36.2 Å². The molecule has 1 aliphatic carbocycles. The summed E-state index contributed by atoms with van der Waals surface area (Å²) in [7, 11) is 4.01. The van der Waals surface area contributed by atoms with Crippen molar-refractivity contribution in [3.63, 3.8) is 0 Å². The molecule has 0 aromatic rings. The molecule has 13 heavy (non-hydrogen) atoms. The van der Waals surface area contributed by atoms with Gasteiger partial charge < -0.3 is 10.2 Å². The van der Waals surface area contributed by atoms with Crippen molar-refractivity contribution in [2.24, 2.45) is 0 Å². The van der Waals surface area contributed by atoms with Crippen molar-refractivity contribution in [2.45, 2.75) is 12.8 Å². The Balaban J connectivity index is 2.55.